The normalized spacial score (nSPS) is 16.4. The fourth-order valence-corrected chi connectivity index (χ4v) is 2.63. The second-order valence-corrected chi connectivity index (χ2v) is 4.78. The number of piperazine rings is 1. The van der Waals surface area contributed by atoms with Crippen LogP contribution in [0.15, 0.2) is 36.5 Å². The third-order valence-electron chi connectivity index (χ3n) is 3.77. The van der Waals surface area contributed by atoms with Crippen molar-refractivity contribution in [2.45, 2.75) is 6.92 Å². The lowest BCUT2D eigenvalue weighted by Gasteiger charge is -2.35. The van der Waals surface area contributed by atoms with Gasteiger partial charge in [-0.15, -0.1) is 12.4 Å². The first-order chi connectivity index (χ1) is 8.88. The van der Waals surface area contributed by atoms with E-state index in [4.69, 9.17) is 0 Å². The number of fused-ring (bicyclic) bond motifs is 1. The Morgan fingerprint density at radius 1 is 1.05 bits per heavy atom. The van der Waals surface area contributed by atoms with Crippen molar-refractivity contribution in [3.63, 3.8) is 0 Å². The summed E-state index contributed by atoms with van der Waals surface area (Å²) in [6.07, 6.45) is 1.92. The number of nitrogens with zero attached hydrogens (tertiary/aromatic N) is 3. The van der Waals surface area contributed by atoms with Crippen molar-refractivity contribution in [2.75, 3.05) is 37.6 Å². The lowest BCUT2D eigenvalue weighted by atomic mass is 10.1. The summed E-state index contributed by atoms with van der Waals surface area (Å²) in [6.45, 7) is 7.81. The Hall–Kier alpha value is -1.32. The van der Waals surface area contributed by atoms with Gasteiger partial charge in [-0.2, -0.15) is 0 Å². The van der Waals surface area contributed by atoms with Crippen LogP contribution in [-0.4, -0.2) is 42.6 Å². The van der Waals surface area contributed by atoms with Gasteiger partial charge in [0.25, 0.3) is 0 Å². The molecule has 4 heteroatoms. The van der Waals surface area contributed by atoms with Crippen molar-refractivity contribution >= 4 is 29.0 Å². The molecule has 0 radical (unpaired) electrons. The monoisotopic (exact) mass is 277 g/mol. The highest BCUT2D eigenvalue weighted by molar-refractivity contribution is 5.92. The lowest BCUT2D eigenvalue weighted by Crippen LogP contribution is -2.46. The molecule has 0 amide bonds. The molecule has 2 heterocycles. The van der Waals surface area contributed by atoms with Crippen LogP contribution in [0.2, 0.25) is 0 Å². The van der Waals surface area contributed by atoms with Gasteiger partial charge in [-0.3, -0.25) is 0 Å². The number of hydrogen-bond acceptors (Lipinski definition) is 3. The number of likely N-dealkylation sites (N-methyl/N-ethyl adjacent to an activating group) is 1. The van der Waals surface area contributed by atoms with Gasteiger partial charge in [0.1, 0.15) is 5.82 Å². The molecule has 0 atom stereocenters. The van der Waals surface area contributed by atoms with Gasteiger partial charge >= 0.3 is 0 Å². The zero-order valence-electron chi connectivity index (χ0n) is 11.2. The van der Waals surface area contributed by atoms with E-state index in [9.17, 15) is 0 Å². The molecule has 0 aliphatic carbocycles. The van der Waals surface area contributed by atoms with E-state index in [-0.39, 0.29) is 12.4 Å². The van der Waals surface area contributed by atoms with E-state index in [0.29, 0.717) is 0 Å². The number of rotatable bonds is 2. The molecule has 1 aliphatic heterocycles. The SMILES string of the molecule is CCN1CCN(c2nccc3ccccc23)CC1.Cl. The van der Waals surface area contributed by atoms with Gasteiger partial charge in [0.05, 0.1) is 0 Å². The standard InChI is InChI=1S/C15H19N3.ClH/c1-2-17-9-11-18(12-10-17)15-14-6-4-3-5-13(14)7-8-16-15;/h3-8H,2,9-12H2,1H3;1H. The van der Waals surface area contributed by atoms with Crippen LogP contribution in [0.25, 0.3) is 10.8 Å². The summed E-state index contributed by atoms with van der Waals surface area (Å²) < 4.78 is 0. The summed E-state index contributed by atoms with van der Waals surface area (Å²) >= 11 is 0. The highest BCUT2D eigenvalue weighted by Crippen LogP contribution is 2.24. The quantitative estimate of drug-likeness (QED) is 0.841. The molecule has 0 saturated carbocycles. The van der Waals surface area contributed by atoms with E-state index in [1.807, 2.05) is 6.20 Å². The molecule has 1 saturated heterocycles. The van der Waals surface area contributed by atoms with E-state index in [2.05, 4.69) is 52.0 Å². The minimum atomic E-state index is 0. The Labute approximate surface area is 120 Å². The Balaban J connectivity index is 0.00000133. The van der Waals surface area contributed by atoms with Gasteiger partial charge in [0, 0.05) is 37.8 Å². The fourth-order valence-electron chi connectivity index (χ4n) is 2.63. The van der Waals surface area contributed by atoms with E-state index >= 15 is 0 Å². The summed E-state index contributed by atoms with van der Waals surface area (Å²) in [5.41, 5.74) is 0. The first-order valence-corrected chi connectivity index (χ1v) is 6.69. The van der Waals surface area contributed by atoms with Crippen LogP contribution in [0.3, 0.4) is 0 Å². The van der Waals surface area contributed by atoms with Crippen LogP contribution >= 0.6 is 12.4 Å². The molecular formula is C15H20ClN3. The van der Waals surface area contributed by atoms with E-state index < -0.39 is 0 Å². The molecule has 2 aromatic rings. The van der Waals surface area contributed by atoms with Crippen molar-refractivity contribution in [3.8, 4) is 0 Å². The zero-order chi connectivity index (χ0) is 12.4. The molecule has 3 nitrogen and oxygen atoms in total. The Morgan fingerprint density at radius 3 is 2.53 bits per heavy atom. The van der Waals surface area contributed by atoms with Gasteiger partial charge in [0.2, 0.25) is 0 Å². The Bertz CT molecular complexity index is 530. The Morgan fingerprint density at radius 2 is 1.79 bits per heavy atom. The smallest absolute Gasteiger partial charge is 0.136 e. The van der Waals surface area contributed by atoms with Crippen molar-refractivity contribution in [1.82, 2.24) is 9.88 Å². The van der Waals surface area contributed by atoms with Gasteiger partial charge in [-0.25, -0.2) is 4.98 Å². The average molecular weight is 278 g/mol. The van der Waals surface area contributed by atoms with Crippen molar-refractivity contribution < 1.29 is 0 Å². The van der Waals surface area contributed by atoms with Crippen LogP contribution in [0.5, 0.6) is 0 Å². The summed E-state index contributed by atoms with van der Waals surface area (Å²) in [5.74, 6) is 1.14. The van der Waals surface area contributed by atoms with Crippen molar-refractivity contribution in [2.24, 2.45) is 0 Å². The van der Waals surface area contributed by atoms with Crippen molar-refractivity contribution in [3.05, 3.63) is 36.5 Å². The summed E-state index contributed by atoms with van der Waals surface area (Å²) in [5, 5.41) is 2.55. The molecule has 1 aliphatic rings. The number of anilines is 1. The molecule has 19 heavy (non-hydrogen) atoms. The molecule has 0 spiro atoms. The van der Waals surface area contributed by atoms with E-state index in [0.717, 1.165) is 38.5 Å². The molecule has 1 aromatic heterocycles. The third-order valence-corrected chi connectivity index (χ3v) is 3.77. The maximum absolute atomic E-state index is 4.59. The first kappa shape index (κ1) is 14.1. The largest absolute Gasteiger partial charge is 0.354 e. The molecule has 0 N–H and O–H groups in total. The van der Waals surface area contributed by atoms with E-state index in [1.165, 1.54) is 10.8 Å². The second-order valence-electron chi connectivity index (χ2n) is 4.78. The maximum Gasteiger partial charge on any atom is 0.136 e. The van der Waals surface area contributed by atoms with Crippen LogP contribution in [0.1, 0.15) is 6.92 Å². The molecule has 0 bridgehead atoms. The molecule has 0 unspecified atom stereocenters. The maximum atomic E-state index is 4.59. The minimum Gasteiger partial charge on any atom is -0.354 e. The average Bonchev–Trinajstić information content (AvgIpc) is 2.47. The molecule has 1 fully saturated rings. The second kappa shape index (κ2) is 6.22. The predicted molar refractivity (Wildman–Crippen MR) is 83.3 cm³/mol. The number of hydrogen-bond donors (Lipinski definition) is 0. The number of aromatic nitrogens is 1. The highest BCUT2D eigenvalue weighted by Gasteiger charge is 2.18. The highest BCUT2D eigenvalue weighted by atomic mass is 35.5. The number of pyridine rings is 1. The third kappa shape index (κ3) is 2.82. The van der Waals surface area contributed by atoms with Crippen LogP contribution in [0.4, 0.5) is 5.82 Å². The topological polar surface area (TPSA) is 19.4 Å². The summed E-state index contributed by atoms with van der Waals surface area (Å²) in [7, 11) is 0. The molecule has 3 rings (SSSR count). The van der Waals surface area contributed by atoms with Gasteiger partial charge < -0.3 is 9.80 Å². The molecule has 102 valence electrons. The summed E-state index contributed by atoms with van der Waals surface area (Å²) in [4.78, 5) is 9.49. The Kier molecular flexibility index (Phi) is 4.61. The molecular weight excluding hydrogens is 258 g/mol. The van der Waals surface area contributed by atoms with Crippen LogP contribution < -0.4 is 4.90 Å². The summed E-state index contributed by atoms with van der Waals surface area (Å²) in [6, 6.07) is 10.6. The number of benzene rings is 1. The number of halogens is 1. The van der Waals surface area contributed by atoms with Gasteiger partial charge in [0.15, 0.2) is 0 Å². The van der Waals surface area contributed by atoms with Gasteiger partial charge in [-0.05, 0) is 18.0 Å². The first-order valence-electron chi connectivity index (χ1n) is 6.69. The zero-order valence-corrected chi connectivity index (χ0v) is 12.1. The van der Waals surface area contributed by atoms with Gasteiger partial charge in [-0.1, -0.05) is 31.2 Å². The lowest BCUT2D eigenvalue weighted by molar-refractivity contribution is 0.271. The fraction of sp³-hybridized carbons (Fsp3) is 0.400. The minimum absolute atomic E-state index is 0. The van der Waals surface area contributed by atoms with E-state index in [1.54, 1.807) is 0 Å². The molecule has 1 aromatic carbocycles. The van der Waals surface area contributed by atoms with Crippen LogP contribution in [-0.2, 0) is 0 Å². The predicted octanol–water partition coefficient (Wildman–Crippen LogP) is 2.80. The van der Waals surface area contributed by atoms with Crippen molar-refractivity contribution in [1.29, 1.82) is 0 Å². The van der Waals surface area contributed by atoms with Crippen LogP contribution in [0, 0.1) is 0 Å².